The van der Waals surface area contributed by atoms with Crippen molar-refractivity contribution in [1.82, 2.24) is 35.3 Å². The van der Waals surface area contributed by atoms with E-state index >= 15 is 0 Å². The number of carboxylic acids is 1. The summed E-state index contributed by atoms with van der Waals surface area (Å²) in [5, 5.41) is 28.6. The number of aliphatic imine (C=N–C) groups is 1. The van der Waals surface area contributed by atoms with Crippen molar-refractivity contribution in [2.45, 2.75) is 19.0 Å². The smallest absolute Gasteiger partial charge is 0.320 e. The van der Waals surface area contributed by atoms with Gasteiger partial charge in [0.25, 0.3) is 5.91 Å². The van der Waals surface area contributed by atoms with E-state index in [1.54, 1.807) is 49.1 Å². The van der Waals surface area contributed by atoms with E-state index in [2.05, 4.69) is 30.7 Å². The minimum absolute atomic E-state index is 0.0884. The van der Waals surface area contributed by atoms with E-state index in [0.717, 1.165) is 5.56 Å². The van der Waals surface area contributed by atoms with E-state index in [4.69, 9.17) is 16.6 Å². The molecular formula is C22H22N10O3. The van der Waals surface area contributed by atoms with Gasteiger partial charge in [0.2, 0.25) is 0 Å². The average molecular weight is 474 g/mol. The molecule has 2 aromatic carbocycles. The van der Waals surface area contributed by atoms with Gasteiger partial charge < -0.3 is 21.9 Å². The van der Waals surface area contributed by atoms with Crippen molar-refractivity contribution in [1.29, 1.82) is 0 Å². The monoisotopic (exact) mass is 474 g/mol. The molecule has 0 spiro atoms. The minimum atomic E-state index is -1.09. The lowest BCUT2D eigenvalue weighted by Crippen LogP contribution is -2.33. The Kier molecular flexibility index (Phi) is 6.88. The van der Waals surface area contributed by atoms with Crippen molar-refractivity contribution in [3.8, 4) is 11.4 Å². The van der Waals surface area contributed by atoms with Gasteiger partial charge in [-0.2, -0.15) is 35.0 Å². The predicted octanol–water partition coefficient (Wildman–Crippen LogP) is 0.0471. The molecular weight excluding hydrogens is 452 g/mol. The summed E-state index contributed by atoms with van der Waals surface area (Å²) < 4.78 is 0. The fraction of sp³-hybridized carbons (Fsp3) is 0.136. The number of rotatable bonds is 8. The number of aromatic nitrogens is 6. The van der Waals surface area contributed by atoms with Crippen molar-refractivity contribution in [3.63, 3.8) is 0 Å². The number of aliphatic carboxylic acids is 1. The molecule has 1 atom stereocenters. The molecule has 0 fully saturated rings. The topological polar surface area (TPSA) is 192 Å². The number of amides is 1. The van der Waals surface area contributed by atoms with Crippen LogP contribution in [0.15, 0.2) is 72.2 Å². The molecule has 1 amide bonds. The number of carbonyl (C=O) groups excluding carboxylic acids is 1. The number of nitrogens with two attached hydrogens (primary N) is 2. The first-order valence-corrected chi connectivity index (χ1v) is 10.5. The van der Waals surface area contributed by atoms with Crippen molar-refractivity contribution < 1.29 is 14.7 Å². The van der Waals surface area contributed by atoms with Crippen molar-refractivity contribution in [3.05, 3.63) is 83.9 Å². The molecule has 0 saturated carbocycles. The van der Waals surface area contributed by atoms with E-state index in [9.17, 15) is 9.59 Å². The van der Waals surface area contributed by atoms with Gasteiger partial charge in [-0.3, -0.25) is 9.59 Å². The summed E-state index contributed by atoms with van der Waals surface area (Å²) in [6, 6.07) is 10.8. The highest BCUT2D eigenvalue weighted by Crippen LogP contribution is 2.20. The third kappa shape index (κ3) is 5.54. The Morgan fingerprint density at radius 1 is 0.943 bits per heavy atom. The Hall–Kier alpha value is -4.91. The lowest BCUT2D eigenvalue weighted by Gasteiger charge is -2.14. The number of hydrogen-bond acceptors (Lipinski definition) is 7. The number of benzene rings is 2. The van der Waals surface area contributed by atoms with Gasteiger partial charge in [0.05, 0.1) is 36.2 Å². The van der Waals surface area contributed by atoms with Gasteiger partial charge in [-0.05, 0) is 36.2 Å². The molecule has 0 aliphatic carbocycles. The second kappa shape index (κ2) is 10.4. The lowest BCUT2D eigenvalue weighted by atomic mass is 10.0. The molecule has 4 rings (SSSR count). The molecule has 2 aromatic heterocycles. The summed E-state index contributed by atoms with van der Waals surface area (Å²) in [5.41, 5.74) is 14.6. The number of nitrogens with one attached hydrogen (secondary N) is 1. The maximum Gasteiger partial charge on any atom is 0.320 e. The maximum atomic E-state index is 12.5. The molecule has 4 aromatic rings. The Labute approximate surface area is 199 Å². The molecule has 178 valence electrons. The molecule has 6 N–H and O–H groups in total. The van der Waals surface area contributed by atoms with E-state index < -0.39 is 17.9 Å². The zero-order valence-electron chi connectivity index (χ0n) is 18.4. The van der Waals surface area contributed by atoms with Gasteiger partial charge in [-0.15, -0.1) is 0 Å². The third-order valence-corrected chi connectivity index (χ3v) is 5.04. The highest BCUT2D eigenvalue weighted by molar-refractivity contribution is 6.02. The van der Waals surface area contributed by atoms with Crippen LogP contribution in [-0.2, 0) is 17.8 Å². The van der Waals surface area contributed by atoms with Crippen LogP contribution in [-0.4, -0.2) is 59.0 Å². The molecule has 13 heteroatoms. The fourth-order valence-electron chi connectivity index (χ4n) is 3.32. The molecule has 13 nitrogen and oxygen atoms in total. The summed E-state index contributed by atoms with van der Waals surface area (Å²) in [7, 11) is 0. The summed E-state index contributed by atoms with van der Waals surface area (Å²) in [6.07, 6.45) is 6.39. The highest BCUT2D eigenvalue weighted by atomic mass is 16.4. The first kappa shape index (κ1) is 23.3. The molecule has 2 heterocycles. The average Bonchev–Trinajstić information content (AvgIpc) is 3.57. The Bertz CT molecular complexity index is 1280. The van der Waals surface area contributed by atoms with Gasteiger partial charge in [0, 0.05) is 17.7 Å². The van der Waals surface area contributed by atoms with Crippen LogP contribution >= 0.6 is 0 Å². The van der Waals surface area contributed by atoms with Crippen molar-refractivity contribution >= 4 is 17.8 Å². The van der Waals surface area contributed by atoms with Gasteiger partial charge in [-0.25, -0.2) is 0 Å². The Morgan fingerprint density at radius 3 is 2.00 bits per heavy atom. The van der Waals surface area contributed by atoms with Gasteiger partial charge in [0.1, 0.15) is 6.04 Å². The number of carbonyl (C=O) groups is 2. The molecule has 0 unspecified atom stereocenters. The number of guanidine groups is 1. The van der Waals surface area contributed by atoms with E-state index in [1.165, 1.54) is 9.59 Å². The van der Waals surface area contributed by atoms with Crippen LogP contribution in [0.3, 0.4) is 0 Å². The molecule has 0 saturated heterocycles. The Morgan fingerprint density at radius 2 is 1.49 bits per heavy atom. The van der Waals surface area contributed by atoms with Crippen molar-refractivity contribution in [2.75, 3.05) is 0 Å². The summed E-state index contributed by atoms with van der Waals surface area (Å²) in [5.74, 6) is -1.74. The summed E-state index contributed by atoms with van der Waals surface area (Å²) in [6.45, 7) is 0.184. The minimum Gasteiger partial charge on any atom is -0.480 e. The van der Waals surface area contributed by atoms with Crippen LogP contribution < -0.4 is 16.8 Å². The van der Waals surface area contributed by atoms with Crippen LogP contribution in [0.1, 0.15) is 21.5 Å². The third-order valence-electron chi connectivity index (χ3n) is 5.04. The van der Waals surface area contributed by atoms with Crippen LogP contribution in [0.5, 0.6) is 0 Å². The predicted molar refractivity (Wildman–Crippen MR) is 125 cm³/mol. The maximum absolute atomic E-state index is 12.5. The molecule has 0 bridgehead atoms. The largest absolute Gasteiger partial charge is 0.480 e. The molecule has 35 heavy (non-hydrogen) atoms. The van der Waals surface area contributed by atoms with Gasteiger partial charge in [0.15, 0.2) is 5.96 Å². The highest BCUT2D eigenvalue weighted by Gasteiger charge is 2.15. The summed E-state index contributed by atoms with van der Waals surface area (Å²) in [4.78, 5) is 30.3. The van der Waals surface area contributed by atoms with Crippen LogP contribution in [0.4, 0.5) is 0 Å². The molecule has 0 radical (unpaired) electrons. The van der Waals surface area contributed by atoms with Gasteiger partial charge >= 0.3 is 5.97 Å². The second-order valence-electron chi connectivity index (χ2n) is 7.41. The standard InChI is InChI=1S/C22H22N10O3/c23-17(21(34)35)12-14-4-6-15(7-5-14)20(33)30-22(24)25-13-16-18(31-26-8-9-27-31)2-1-3-19(16)32-28-10-11-29-32/h1-11,17H,12-13,23H2,(H,34,35)(H3,24,25,30,33)/t17-/m0/s1. The lowest BCUT2D eigenvalue weighted by molar-refractivity contribution is -0.138. The first-order valence-electron chi connectivity index (χ1n) is 10.5. The fourth-order valence-corrected chi connectivity index (χ4v) is 3.32. The normalized spacial score (nSPS) is 12.3. The quantitative estimate of drug-likeness (QED) is 0.200. The van der Waals surface area contributed by atoms with E-state index in [0.29, 0.717) is 22.5 Å². The Balaban J connectivity index is 1.50. The van der Waals surface area contributed by atoms with E-state index in [1.807, 2.05) is 18.2 Å². The number of hydrogen-bond donors (Lipinski definition) is 4. The zero-order chi connectivity index (χ0) is 24.8. The van der Waals surface area contributed by atoms with Crippen molar-refractivity contribution in [2.24, 2.45) is 16.5 Å². The van der Waals surface area contributed by atoms with E-state index in [-0.39, 0.29) is 18.9 Å². The number of nitrogens with zero attached hydrogens (tertiary/aromatic N) is 7. The zero-order valence-corrected chi connectivity index (χ0v) is 18.4. The van der Waals surface area contributed by atoms with Crippen LogP contribution in [0.25, 0.3) is 11.4 Å². The SMILES string of the molecule is NC(=NC(=O)c1ccc(C[C@H](N)C(=O)O)cc1)NCc1c(-n2nccn2)cccc1-n1nccn1. The molecule has 0 aliphatic rings. The molecule has 0 aliphatic heterocycles. The number of carboxylic acid groups (broad SMARTS) is 1. The second-order valence-corrected chi connectivity index (χ2v) is 7.41. The van der Waals surface area contributed by atoms with Gasteiger partial charge in [-0.1, -0.05) is 18.2 Å². The van der Waals surface area contributed by atoms with Crippen LogP contribution in [0.2, 0.25) is 0 Å². The first-order chi connectivity index (χ1) is 16.9. The van der Waals surface area contributed by atoms with Crippen LogP contribution in [0, 0.1) is 0 Å². The summed E-state index contributed by atoms with van der Waals surface area (Å²) >= 11 is 0.